The van der Waals surface area contributed by atoms with Gasteiger partial charge in [0, 0.05) is 19.1 Å². The number of morpholine rings is 1. The molecule has 0 aromatic heterocycles. The van der Waals surface area contributed by atoms with E-state index in [9.17, 15) is 0 Å². The van der Waals surface area contributed by atoms with Crippen molar-refractivity contribution in [3.8, 4) is 5.75 Å². The first-order valence-electron chi connectivity index (χ1n) is 9.19. The van der Waals surface area contributed by atoms with E-state index in [1.807, 2.05) is 24.3 Å². The number of nitrogens with zero attached hydrogens (tertiary/aromatic N) is 1. The number of hydrogen-bond donors (Lipinski definition) is 0. The first-order valence-corrected chi connectivity index (χ1v) is 9.19. The molecule has 25 heavy (non-hydrogen) atoms. The van der Waals surface area contributed by atoms with Crippen molar-refractivity contribution in [2.75, 3.05) is 32.9 Å². The summed E-state index contributed by atoms with van der Waals surface area (Å²) < 4.78 is 23.7. The first-order chi connectivity index (χ1) is 11.8. The summed E-state index contributed by atoms with van der Waals surface area (Å²) in [6.45, 7) is 14.6. The lowest BCUT2D eigenvalue weighted by molar-refractivity contribution is -0.00514. The van der Waals surface area contributed by atoms with E-state index < -0.39 is 0 Å². The van der Waals surface area contributed by atoms with Gasteiger partial charge < -0.3 is 18.8 Å². The fraction of sp³-hybridized carbons (Fsp3) is 0.684. The van der Waals surface area contributed by atoms with E-state index in [0.717, 1.165) is 37.5 Å². The molecule has 2 saturated heterocycles. The summed E-state index contributed by atoms with van der Waals surface area (Å²) >= 11 is 0. The van der Waals surface area contributed by atoms with Crippen molar-refractivity contribution in [2.45, 2.75) is 51.9 Å². The van der Waals surface area contributed by atoms with Crippen molar-refractivity contribution in [1.82, 2.24) is 4.90 Å². The molecule has 0 spiro atoms. The van der Waals surface area contributed by atoms with Gasteiger partial charge >= 0.3 is 7.12 Å². The Morgan fingerprint density at radius 2 is 1.92 bits per heavy atom. The smallest absolute Gasteiger partial charge is 0.492 e. The zero-order valence-corrected chi connectivity index (χ0v) is 16.1. The Morgan fingerprint density at radius 3 is 2.60 bits per heavy atom. The minimum atomic E-state index is -0.354. The van der Waals surface area contributed by atoms with Crippen molar-refractivity contribution in [2.24, 2.45) is 0 Å². The summed E-state index contributed by atoms with van der Waals surface area (Å²) in [6, 6.07) is 8.47. The van der Waals surface area contributed by atoms with E-state index in [0.29, 0.717) is 12.6 Å². The van der Waals surface area contributed by atoms with Gasteiger partial charge in [0.25, 0.3) is 0 Å². The molecule has 138 valence electrons. The summed E-state index contributed by atoms with van der Waals surface area (Å²) in [5.41, 5.74) is 0.332. The molecule has 5 nitrogen and oxygen atoms in total. The predicted molar refractivity (Wildman–Crippen MR) is 99.5 cm³/mol. The van der Waals surface area contributed by atoms with Crippen molar-refractivity contribution in [1.29, 1.82) is 0 Å². The summed E-state index contributed by atoms with van der Waals surface area (Å²) in [5, 5.41) is 0. The molecule has 1 aromatic rings. The third-order valence-electron chi connectivity index (χ3n) is 5.54. The minimum absolute atomic E-state index is 0.332. The second kappa shape index (κ2) is 7.27. The molecule has 2 fully saturated rings. The van der Waals surface area contributed by atoms with Gasteiger partial charge in [-0.25, -0.2) is 0 Å². The van der Waals surface area contributed by atoms with Crippen LogP contribution in [0.1, 0.15) is 34.6 Å². The van der Waals surface area contributed by atoms with Gasteiger partial charge in [-0.05, 0) is 52.2 Å². The highest BCUT2D eigenvalue weighted by atomic mass is 16.7. The summed E-state index contributed by atoms with van der Waals surface area (Å²) in [6.07, 6.45) is 0. The van der Waals surface area contributed by atoms with Gasteiger partial charge in [-0.15, -0.1) is 0 Å². The van der Waals surface area contributed by atoms with E-state index in [4.69, 9.17) is 18.8 Å². The van der Waals surface area contributed by atoms with Crippen LogP contribution < -0.4 is 10.2 Å². The molecule has 0 radical (unpaired) electrons. The third kappa shape index (κ3) is 4.19. The molecular formula is C19H30BNO4. The van der Waals surface area contributed by atoms with Gasteiger partial charge in [0.1, 0.15) is 12.4 Å². The van der Waals surface area contributed by atoms with Crippen LogP contribution in [0.15, 0.2) is 24.3 Å². The van der Waals surface area contributed by atoms with Crippen molar-refractivity contribution in [3.05, 3.63) is 24.3 Å². The fourth-order valence-electron chi connectivity index (χ4n) is 3.10. The SMILES string of the molecule is CC1COCCN1CCOc1cccc(B2OC(C)(C)C(C)(C)O2)c1. The van der Waals surface area contributed by atoms with Crippen molar-refractivity contribution >= 4 is 12.6 Å². The monoisotopic (exact) mass is 347 g/mol. The van der Waals surface area contributed by atoms with Crippen LogP contribution in [0, 0.1) is 0 Å². The normalized spacial score (nSPS) is 26.0. The number of benzene rings is 1. The molecule has 1 aromatic carbocycles. The second-order valence-corrected chi connectivity index (χ2v) is 7.97. The van der Waals surface area contributed by atoms with Crippen LogP contribution in [0.3, 0.4) is 0 Å². The van der Waals surface area contributed by atoms with Gasteiger partial charge in [-0.2, -0.15) is 0 Å². The quantitative estimate of drug-likeness (QED) is 0.763. The molecule has 3 rings (SSSR count). The summed E-state index contributed by atoms with van der Waals surface area (Å²) in [5.74, 6) is 0.855. The Bertz CT molecular complexity index is 577. The molecule has 2 aliphatic rings. The van der Waals surface area contributed by atoms with Crippen LogP contribution in [0.2, 0.25) is 0 Å². The molecule has 0 aliphatic carbocycles. The minimum Gasteiger partial charge on any atom is -0.492 e. The van der Waals surface area contributed by atoms with Gasteiger partial charge in [-0.3, -0.25) is 4.90 Å². The Hall–Kier alpha value is -1.08. The third-order valence-corrected chi connectivity index (χ3v) is 5.54. The van der Waals surface area contributed by atoms with Gasteiger partial charge in [0.05, 0.1) is 24.4 Å². The highest BCUT2D eigenvalue weighted by Crippen LogP contribution is 2.36. The maximum absolute atomic E-state index is 6.12. The molecule has 0 N–H and O–H groups in total. The lowest BCUT2D eigenvalue weighted by atomic mass is 9.79. The topological polar surface area (TPSA) is 40.2 Å². The summed E-state index contributed by atoms with van der Waals surface area (Å²) in [4.78, 5) is 2.40. The van der Waals surface area contributed by atoms with E-state index in [2.05, 4.69) is 39.5 Å². The Morgan fingerprint density at radius 1 is 1.20 bits per heavy atom. The van der Waals surface area contributed by atoms with Gasteiger partial charge in [0.2, 0.25) is 0 Å². The zero-order chi connectivity index (χ0) is 18.1. The van der Waals surface area contributed by atoms with Crippen molar-refractivity contribution < 1.29 is 18.8 Å². The van der Waals surface area contributed by atoms with E-state index >= 15 is 0 Å². The maximum atomic E-state index is 6.12. The molecular weight excluding hydrogens is 317 g/mol. The molecule has 0 bridgehead atoms. The Kier molecular flexibility index (Phi) is 5.44. The molecule has 6 heteroatoms. The Labute approximate surface area is 151 Å². The van der Waals surface area contributed by atoms with Crippen LogP contribution in [0.5, 0.6) is 5.75 Å². The van der Waals surface area contributed by atoms with Gasteiger partial charge in [-0.1, -0.05) is 12.1 Å². The lowest BCUT2D eigenvalue weighted by Crippen LogP contribution is -2.45. The number of hydrogen-bond acceptors (Lipinski definition) is 5. The number of rotatable bonds is 5. The maximum Gasteiger partial charge on any atom is 0.494 e. The largest absolute Gasteiger partial charge is 0.494 e. The highest BCUT2D eigenvalue weighted by molar-refractivity contribution is 6.62. The standard InChI is InChI=1S/C19H30BNO4/c1-15-14-22-11-9-21(15)10-12-23-17-8-6-7-16(13-17)20-24-18(2,3)19(4,5)25-20/h6-8,13,15H,9-12,14H2,1-5H3. The average molecular weight is 347 g/mol. The zero-order valence-electron chi connectivity index (χ0n) is 16.1. The Balaban J connectivity index is 1.57. The molecule has 2 aliphatic heterocycles. The van der Waals surface area contributed by atoms with Crippen LogP contribution in [-0.2, 0) is 14.0 Å². The van der Waals surface area contributed by atoms with E-state index in [1.165, 1.54) is 0 Å². The molecule has 2 heterocycles. The van der Waals surface area contributed by atoms with E-state index in [1.54, 1.807) is 0 Å². The van der Waals surface area contributed by atoms with Crippen molar-refractivity contribution in [3.63, 3.8) is 0 Å². The van der Waals surface area contributed by atoms with Crippen LogP contribution in [-0.4, -0.2) is 62.2 Å². The average Bonchev–Trinajstić information content (AvgIpc) is 2.78. The van der Waals surface area contributed by atoms with Crippen LogP contribution in [0.25, 0.3) is 0 Å². The lowest BCUT2D eigenvalue weighted by Gasteiger charge is -2.32. The van der Waals surface area contributed by atoms with E-state index in [-0.39, 0.29) is 18.3 Å². The van der Waals surface area contributed by atoms with Crippen LogP contribution >= 0.6 is 0 Å². The molecule has 1 atom stereocenters. The number of ether oxygens (including phenoxy) is 2. The first kappa shape index (κ1) is 18.7. The highest BCUT2D eigenvalue weighted by Gasteiger charge is 2.51. The molecule has 0 saturated carbocycles. The fourth-order valence-corrected chi connectivity index (χ4v) is 3.10. The van der Waals surface area contributed by atoms with Crippen LogP contribution in [0.4, 0.5) is 0 Å². The van der Waals surface area contributed by atoms with Gasteiger partial charge in [0.15, 0.2) is 0 Å². The molecule has 1 unspecified atom stereocenters. The summed E-state index contributed by atoms with van der Waals surface area (Å²) in [7, 11) is -0.354. The predicted octanol–water partition coefficient (Wildman–Crippen LogP) is 2.09. The second-order valence-electron chi connectivity index (χ2n) is 7.97. The molecule has 0 amide bonds.